The third kappa shape index (κ3) is 4.02. The molecule has 0 spiro atoms. The number of fused-ring (bicyclic) bond motifs is 1. The van der Waals surface area contributed by atoms with Gasteiger partial charge in [-0.15, -0.1) is 0 Å². The van der Waals surface area contributed by atoms with Crippen LogP contribution in [0.4, 0.5) is 5.69 Å². The maximum Gasteiger partial charge on any atom is 0.264 e. The Morgan fingerprint density at radius 2 is 1.68 bits per heavy atom. The first-order valence-corrected chi connectivity index (χ1v) is 10.0. The van der Waals surface area contributed by atoms with Gasteiger partial charge in [0.2, 0.25) is 0 Å². The van der Waals surface area contributed by atoms with Gasteiger partial charge >= 0.3 is 0 Å². The van der Waals surface area contributed by atoms with Crippen molar-refractivity contribution >= 4 is 17.4 Å². The molecule has 0 saturated carbocycles. The zero-order valence-corrected chi connectivity index (χ0v) is 17.2. The Morgan fingerprint density at radius 1 is 0.968 bits per heavy atom. The Labute approximate surface area is 180 Å². The summed E-state index contributed by atoms with van der Waals surface area (Å²) in [6, 6.07) is 23.0. The first-order valence-electron chi connectivity index (χ1n) is 10.0. The Bertz CT molecular complexity index is 1100. The molecule has 3 aromatic carbocycles. The fourth-order valence-electron chi connectivity index (χ4n) is 3.80. The number of carbonyl (C=O) groups excluding carboxylic acids is 2. The number of hydrogen-bond acceptors (Lipinski definition) is 5. The van der Waals surface area contributed by atoms with Gasteiger partial charge in [0.1, 0.15) is 18.1 Å². The second kappa shape index (κ2) is 8.62. The molecule has 0 radical (unpaired) electrons. The van der Waals surface area contributed by atoms with Crippen molar-refractivity contribution in [3.8, 4) is 11.5 Å². The minimum absolute atomic E-state index is 0.250. The highest BCUT2D eigenvalue weighted by Gasteiger charge is 2.50. The van der Waals surface area contributed by atoms with E-state index in [-0.39, 0.29) is 25.4 Å². The van der Waals surface area contributed by atoms with E-state index in [9.17, 15) is 14.7 Å². The van der Waals surface area contributed by atoms with E-state index in [0.29, 0.717) is 28.3 Å². The summed E-state index contributed by atoms with van der Waals surface area (Å²) in [6.45, 7) is 0.504. The monoisotopic (exact) mass is 417 g/mol. The van der Waals surface area contributed by atoms with E-state index in [0.717, 1.165) is 0 Å². The van der Waals surface area contributed by atoms with Crippen LogP contribution < -0.4 is 14.4 Å². The molecular formula is C25H23NO5. The smallest absolute Gasteiger partial charge is 0.264 e. The normalized spacial score (nSPS) is 17.4. The summed E-state index contributed by atoms with van der Waals surface area (Å²) in [5, 5.41) is 11.4. The Morgan fingerprint density at radius 3 is 2.45 bits per heavy atom. The van der Waals surface area contributed by atoms with Crippen LogP contribution in [0.3, 0.4) is 0 Å². The fourth-order valence-corrected chi connectivity index (χ4v) is 3.80. The van der Waals surface area contributed by atoms with Gasteiger partial charge in [-0.2, -0.15) is 0 Å². The van der Waals surface area contributed by atoms with Crippen LogP contribution in [0.15, 0.2) is 78.9 Å². The van der Waals surface area contributed by atoms with Crippen LogP contribution >= 0.6 is 0 Å². The predicted molar refractivity (Wildman–Crippen MR) is 117 cm³/mol. The predicted octanol–water partition coefficient (Wildman–Crippen LogP) is 3.58. The second-order valence-corrected chi connectivity index (χ2v) is 7.33. The molecular weight excluding hydrogens is 394 g/mol. The van der Waals surface area contributed by atoms with Crippen molar-refractivity contribution in [1.29, 1.82) is 0 Å². The number of aliphatic hydroxyl groups is 1. The van der Waals surface area contributed by atoms with Crippen molar-refractivity contribution in [2.45, 2.75) is 12.0 Å². The van der Waals surface area contributed by atoms with Gasteiger partial charge in [0, 0.05) is 11.1 Å². The average molecular weight is 417 g/mol. The largest absolute Gasteiger partial charge is 0.497 e. The SMILES string of the molecule is COc1cccc(C(=O)CC2(O)C(=O)N(CCOc3ccccc3)c3ccccc32)c1. The van der Waals surface area contributed by atoms with E-state index in [1.807, 2.05) is 30.3 Å². The van der Waals surface area contributed by atoms with Crippen LogP contribution in [0, 0.1) is 0 Å². The standard InChI is InChI=1S/C25H23NO5/c1-30-20-11-7-8-18(16-20)23(27)17-25(29)21-12-5-6-13-22(21)26(24(25)28)14-15-31-19-9-3-2-4-10-19/h2-13,16,29H,14-15,17H2,1H3. The zero-order chi connectivity index (χ0) is 21.8. The van der Waals surface area contributed by atoms with Gasteiger partial charge < -0.3 is 19.5 Å². The number of ketones is 1. The molecule has 1 heterocycles. The van der Waals surface area contributed by atoms with Crippen molar-refractivity contribution in [3.05, 3.63) is 90.0 Å². The first kappa shape index (κ1) is 20.6. The van der Waals surface area contributed by atoms with Crippen molar-refractivity contribution in [2.24, 2.45) is 0 Å². The quantitative estimate of drug-likeness (QED) is 0.567. The lowest BCUT2D eigenvalue weighted by atomic mass is 9.88. The average Bonchev–Trinajstić information content (AvgIpc) is 3.01. The number of Topliss-reactive ketones (excluding diaryl/α,β-unsaturated/α-hetero) is 1. The van der Waals surface area contributed by atoms with Gasteiger partial charge in [-0.3, -0.25) is 9.59 Å². The zero-order valence-electron chi connectivity index (χ0n) is 17.2. The molecule has 3 aromatic rings. The third-order valence-electron chi connectivity index (χ3n) is 5.37. The number of para-hydroxylation sites is 2. The first-order chi connectivity index (χ1) is 15.0. The summed E-state index contributed by atoms with van der Waals surface area (Å²) in [5.41, 5.74) is -0.534. The van der Waals surface area contributed by atoms with Gasteiger partial charge in [-0.25, -0.2) is 0 Å². The molecule has 0 fully saturated rings. The van der Waals surface area contributed by atoms with E-state index >= 15 is 0 Å². The molecule has 0 bridgehead atoms. The lowest BCUT2D eigenvalue weighted by Gasteiger charge is -2.23. The highest BCUT2D eigenvalue weighted by molar-refractivity contribution is 6.10. The molecule has 1 aliphatic heterocycles. The van der Waals surface area contributed by atoms with E-state index in [4.69, 9.17) is 9.47 Å². The van der Waals surface area contributed by atoms with E-state index in [2.05, 4.69) is 0 Å². The number of amides is 1. The molecule has 1 aliphatic rings. The lowest BCUT2D eigenvalue weighted by molar-refractivity contribution is -0.135. The maximum atomic E-state index is 13.3. The van der Waals surface area contributed by atoms with E-state index in [1.165, 1.54) is 12.0 Å². The number of carbonyl (C=O) groups is 2. The van der Waals surface area contributed by atoms with Crippen LogP contribution in [-0.2, 0) is 10.4 Å². The maximum absolute atomic E-state index is 13.3. The highest BCUT2D eigenvalue weighted by Crippen LogP contribution is 2.42. The van der Waals surface area contributed by atoms with Crippen LogP contribution in [0.1, 0.15) is 22.3 Å². The van der Waals surface area contributed by atoms with Gasteiger partial charge in [0.05, 0.1) is 25.8 Å². The summed E-state index contributed by atoms with van der Waals surface area (Å²) in [5.74, 6) is 0.370. The molecule has 1 atom stereocenters. The van der Waals surface area contributed by atoms with Crippen LogP contribution in [0.25, 0.3) is 0 Å². The summed E-state index contributed by atoms with van der Waals surface area (Å²) in [6.07, 6.45) is -0.355. The Kier molecular flexibility index (Phi) is 5.73. The fraction of sp³-hybridized carbons (Fsp3) is 0.200. The Hall–Kier alpha value is -3.64. The van der Waals surface area contributed by atoms with Crippen LogP contribution in [0.2, 0.25) is 0 Å². The highest BCUT2D eigenvalue weighted by atomic mass is 16.5. The summed E-state index contributed by atoms with van der Waals surface area (Å²) >= 11 is 0. The summed E-state index contributed by atoms with van der Waals surface area (Å²) < 4.78 is 10.9. The minimum Gasteiger partial charge on any atom is -0.497 e. The number of hydrogen-bond donors (Lipinski definition) is 1. The van der Waals surface area contributed by atoms with E-state index < -0.39 is 11.5 Å². The number of benzene rings is 3. The molecule has 1 N–H and O–H groups in total. The molecule has 0 aromatic heterocycles. The number of methoxy groups -OCH3 is 1. The van der Waals surface area contributed by atoms with Crippen molar-refractivity contribution in [3.63, 3.8) is 0 Å². The number of nitrogens with zero attached hydrogens (tertiary/aromatic N) is 1. The summed E-state index contributed by atoms with van der Waals surface area (Å²) in [4.78, 5) is 27.7. The molecule has 6 nitrogen and oxygen atoms in total. The van der Waals surface area contributed by atoms with Crippen LogP contribution in [0.5, 0.6) is 11.5 Å². The molecule has 1 amide bonds. The number of anilines is 1. The van der Waals surface area contributed by atoms with Crippen molar-refractivity contribution in [1.82, 2.24) is 0 Å². The Balaban J connectivity index is 1.55. The van der Waals surface area contributed by atoms with Gasteiger partial charge in [-0.1, -0.05) is 48.5 Å². The van der Waals surface area contributed by atoms with Gasteiger partial charge in [-0.05, 0) is 30.3 Å². The molecule has 4 rings (SSSR count). The number of ether oxygens (including phenoxy) is 2. The van der Waals surface area contributed by atoms with Crippen LogP contribution in [-0.4, -0.2) is 37.1 Å². The summed E-state index contributed by atoms with van der Waals surface area (Å²) in [7, 11) is 1.52. The molecule has 31 heavy (non-hydrogen) atoms. The topological polar surface area (TPSA) is 76.1 Å². The van der Waals surface area contributed by atoms with E-state index in [1.54, 1.807) is 48.5 Å². The van der Waals surface area contributed by atoms with Crippen molar-refractivity contribution < 1.29 is 24.2 Å². The van der Waals surface area contributed by atoms with Gasteiger partial charge in [0.15, 0.2) is 11.4 Å². The lowest BCUT2D eigenvalue weighted by Crippen LogP contribution is -2.43. The molecule has 0 aliphatic carbocycles. The van der Waals surface area contributed by atoms with Crippen molar-refractivity contribution in [2.75, 3.05) is 25.2 Å². The third-order valence-corrected chi connectivity index (χ3v) is 5.37. The minimum atomic E-state index is -1.93. The number of rotatable bonds is 8. The second-order valence-electron chi connectivity index (χ2n) is 7.33. The molecule has 0 saturated heterocycles. The van der Waals surface area contributed by atoms with Gasteiger partial charge in [0.25, 0.3) is 5.91 Å². The molecule has 1 unspecified atom stereocenters. The molecule has 158 valence electrons. The molecule has 6 heteroatoms.